The zero-order chi connectivity index (χ0) is 20.4. The molecule has 0 bridgehead atoms. The SMILES string of the molecule is CO/N=C/c1ccc(OCc2c(C3CC3)cccc2-n2nnn(C)c2=O)c(C)c1. The molecule has 0 radical (unpaired) electrons. The van der Waals surface area contributed by atoms with Crippen molar-refractivity contribution in [1.29, 1.82) is 0 Å². The second kappa shape index (κ2) is 7.90. The highest BCUT2D eigenvalue weighted by molar-refractivity contribution is 5.79. The van der Waals surface area contributed by atoms with Crippen LogP contribution in [0.25, 0.3) is 5.69 Å². The quantitative estimate of drug-likeness (QED) is 0.455. The zero-order valence-electron chi connectivity index (χ0n) is 16.7. The van der Waals surface area contributed by atoms with E-state index in [0.29, 0.717) is 18.2 Å². The third-order valence-electron chi connectivity index (χ3n) is 5.03. The monoisotopic (exact) mass is 393 g/mol. The molecule has 0 spiro atoms. The lowest BCUT2D eigenvalue weighted by Crippen LogP contribution is -2.23. The van der Waals surface area contributed by atoms with Crippen LogP contribution in [-0.2, 0) is 18.5 Å². The van der Waals surface area contributed by atoms with Gasteiger partial charge < -0.3 is 9.57 Å². The molecule has 29 heavy (non-hydrogen) atoms. The summed E-state index contributed by atoms with van der Waals surface area (Å²) in [7, 11) is 3.10. The van der Waals surface area contributed by atoms with Crippen LogP contribution in [-0.4, -0.2) is 33.1 Å². The second-order valence-corrected chi connectivity index (χ2v) is 7.15. The van der Waals surface area contributed by atoms with E-state index in [0.717, 1.165) is 35.3 Å². The molecule has 1 saturated carbocycles. The van der Waals surface area contributed by atoms with Gasteiger partial charge in [0.2, 0.25) is 0 Å². The van der Waals surface area contributed by atoms with E-state index >= 15 is 0 Å². The summed E-state index contributed by atoms with van der Waals surface area (Å²) < 4.78 is 8.72. The molecule has 1 heterocycles. The van der Waals surface area contributed by atoms with Crippen molar-refractivity contribution in [2.24, 2.45) is 12.2 Å². The highest BCUT2D eigenvalue weighted by Crippen LogP contribution is 2.43. The molecule has 0 aliphatic heterocycles. The van der Waals surface area contributed by atoms with Gasteiger partial charge >= 0.3 is 5.69 Å². The molecule has 8 nitrogen and oxygen atoms in total. The molecule has 150 valence electrons. The second-order valence-electron chi connectivity index (χ2n) is 7.15. The first kappa shape index (κ1) is 18.9. The van der Waals surface area contributed by atoms with Crippen LogP contribution >= 0.6 is 0 Å². The standard InChI is InChI=1S/C21H23N5O3/c1-14-11-15(12-22-28-3)7-10-20(14)29-13-18-17(16-8-9-16)5-4-6-19(18)26-21(27)25(2)23-24-26/h4-7,10-12,16H,8-9,13H2,1-3H3/b22-12+. The highest BCUT2D eigenvalue weighted by Gasteiger charge is 2.28. The van der Waals surface area contributed by atoms with Crippen molar-refractivity contribution in [3.63, 3.8) is 0 Å². The van der Waals surface area contributed by atoms with Crippen LogP contribution in [0.5, 0.6) is 5.75 Å². The van der Waals surface area contributed by atoms with Gasteiger partial charge in [0.1, 0.15) is 19.5 Å². The number of hydrogen-bond acceptors (Lipinski definition) is 6. The van der Waals surface area contributed by atoms with Gasteiger partial charge in [-0.1, -0.05) is 17.3 Å². The molecule has 8 heteroatoms. The predicted molar refractivity (Wildman–Crippen MR) is 109 cm³/mol. The zero-order valence-corrected chi connectivity index (χ0v) is 16.7. The van der Waals surface area contributed by atoms with E-state index in [4.69, 9.17) is 9.57 Å². The summed E-state index contributed by atoms with van der Waals surface area (Å²) >= 11 is 0. The molecular weight excluding hydrogens is 370 g/mol. The summed E-state index contributed by atoms with van der Waals surface area (Å²) in [6.07, 6.45) is 3.95. The third-order valence-corrected chi connectivity index (χ3v) is 5.03. The Balaban J connectivity index is 1.66. The number of oxime groups is 1. The van der Waals surface area contributed by atoms with Gasteiger partial charge in [0.05, 0.1) is 11.9 Å². The minimum absolute atomic E-state index is 0.280. The van der Waals surface area contributed by atoms with E-state index < -0.39 is 0 Å². The Labute approximate surface area is 168 Å². The molecule has 1 aromatic heterocycles. The molecule has 0 N–H and O–H groups in total. The van der Waals surface area contributed by atoms with Gasteiger partial charge in [-0.2, -0.15) is 9.36 Å². The van der Waals surface area contributed by atoms with Crippen LogP contribution in [0.15, 0.2) is 46.3 Å². The van der Waals surface area contributed by atoms with E-state index in [1.54, 1.807) is 13.3 Å². The number of ether oxygens (including phenoxy) is 1. The van der Waals surface area contributed by atoms with E-state index in [1.807, 2.05) is 37.3 Å². The normalized spacial score (nSPS) is 13.8. The van der Waals surface area contributed by atoms with Crippen LogP contribution in [0.4, 0.5) is 0 Å². The van der Waals surface area contributed by atoms with Crippen molar-refractivity contribution in [1.82, 2.24) is 19.8 Å². The summed E-state index contributed by atoms with van der Waals surface area (Å²) in [6.45, 7) is 2.33. The van der Waals surface area contributed by atoms with Crippen molar-refractivity contribution >= 4 is 6.21 Å². The Morgan fingerprint density at radius 1 is 1.24 bits per heavy atom. The minimum Gasteiger partial charge on any atom is -0.489 e. The fraction of sp³-hybridized carbons (Fsp3) is 0.333. The van der Waals surface area contributed by atoms with Crippen molar-refractivity contribution in [3.05, 3.63) is 69.1 Å². The third kappa shape index (κ3) is 3.91. The first-order valence-electron chi connectivity index (χ1n) is 9.49. The molecule has 2 aromatic carbocycles. The van der Waals surface area contributed by atoms with Crippen LogP contribution in [0.1, 0.15) is 41.0 Å². The first-order valence-corrected chi connectivity index (χ1v) is 9.49. The summed E-state index contributed by atoms with van der Waals surface area (Å²) in [6, 6.07) is 11.8. The Kier molecular flexibility index (Phi) is 5.16. The van der Waals surface area contributed by atoms with Crippen LogP contribution in [0.2, 0.25) is 0 Å². The van der Waals surface area contributed by atoms with E-state index in [1.165, 1.54) is 22.0 Å². The molecular formula is C21H23N5O3. The Morgan fingerprint density at radius 2 is 2.07 bits per heavy atom. The summed E-state index contributed by atoms with van der Waals surface area (Å²) in [5.74, 6) is 1.29. The van der Waals surface area contributed by atoms with Gasteiger partial charge in [-0.3, -0.25) is 0 Å². The summed E-state index contributed by atoms with van der Waals surface area (Å²) in [5.41, 5.74) is 4.55. The Hall–Kier alpha value is -3.42. The van der Waals surface area contributed by atoms with E-state index in [9.17, 15) is 4.79 Å². The van der Waals surface area contributed by atoms with Gasteiger partial charge in [-0.25, -0.2) is 4.79 Å². The molecule has 0 unspecified atom stereocenters. The van der Waals surface area contributed by atoms with Gasteiger partial charge in [0, 0.05) is 12.6 Å². The lowest BCUT2D eigenvalue weighted by Gasteiger charge is -2.16. The van der Waals surface area contributed by atoms with Crippen molar-refractivity contribution in [3.8, 4) is 11.4 Å². The number of rotatable bonds is 7. The molecule has 0 atom stereocenters. The molecule has 3 aromatic rings. The lowest BCUT2D eigenvalue weighted by atomic mass is 10.0. The number of benzene rings is 2. The number of hydrogen-bond donors (Lipinski definition) is 0. The average Bonchev–Trinajstić information content (AvgIpc) is 3.51. The molecule has 4 rings (SSSR count). The fourth-order valence-corrected chi connectivity index (χ4v) is 3.37. The molecule has 1 aliphatic rings. The van der Waals surface area contributed by atoms with Crippen LogP contribution in [0, 0.1) is 6.92 Å². The Bertz CT molecular complexity index is 1110. The maximum absolute atomic E-state index is 12.4. The van der Waals surface area contributed by atoms with Crippen molar-refractivity contribution in [2.45, 2.75) is 32.3 Å². The molecule has 0 saturated heterocycles. The van der Waals surface area contributed by atoms with Gasteiger partial charge in [0.15, 0.2) is 0 Å². The highest BCUT2D eigenvalue weighted by atomic mass is 16.6. The fourth-order valence-electron chi connectivity index (χ4n) is 3.37. The average molecular weight is 393 g/mol. The summed E-state index contributed by atoms with van der Waals surface area (Å²) in [5, 5.41) is 11.6. The largest absolute Gasteiger partial charge is 0.489 e. The number of tetrazole rings is 1. The first-order chi connectivity index (χ1) is 14.1. The smallest absolute Gasteiger partial charge is 0.368 e. The number of nitrogens with zero attached hydrogens (tertiary/aromatic N) is 5. The van der Waals surface area contributed by atoms with Gasteiger partial charge in [-0.05, 0) is 77.1 Å². The maximum Gasteiger partial charge on any atom is 0.368 e. The van der Waals surface area contributed by atoms with Crippen LogP contribution in [0.3, 0.4) is 0 Å². The molecule has 1 aliphatic carbocycles. The van der Waals surface area contributed by atoms with E-state index in [2.05, 4.69) is 21.6 Å². The number of aromatic nitrogens is 4. The lowest BCUT2D eigenvalue weighted by molar-refractivity contribution is 0.215. The minimum atomic E-state index is -0.280. The predicted octanol–water partition coefficient (Wildman–Crippen LogP) is 2.71. The van der Waals surface area contributed by atoms with Crippen molar-refractivity contribution in [2.75, 3.05) is 7.11 Å². The van der Waals surface area contributed by atoms with Crippen molar-refractivity contribution < 1.29 is 9.57 Å². The summed E-state index contributed by atoms with van der Waals surface area (Å²) in [4.78, 5) is 17.1. The maximum atomic E-state index is 12.4. The van der Waals surface area contributed by atoms with Crippen LogP contribution < -0.4 is 10.4 Å². The Morgan fingerprint density at radius 3 is 2.72 bits per heavy atom. The van der Waals surface area contributed by atoms with E-state index in [-0.39, 0.29) is 5.69 Å². The van der Waals surface area contributed by atoms with Gasteiger partial charge in [0.25, 0.3) is 0 Å². The number of aryl methyl sites for hydroxylation is 2. The topological polar surface area (TPSA) is 83.5 Å². The molecule has 1 fully saturated rings. The molecule has 0 amide bonds. The van der Waals surface area contributed by atoms with Gasteiger partial charge in [-0.15, -0.1) is 0 Å².